The average Bonchev–Trinajstić information content (AvgIpc) is 3.68. The zero-order valence-electron chi connectivity index (χ0n) is 20.5. The molecule has 3 saturated carbocycles. The van der Waals surface area contributed by atoms with Gasteiger partial charge in [0.25, 0.3) is 0 Å². The first kappa shape index (κ1) is 23.5. The van der Waals surface area contributed by atoms with Gasteiger partial charge in [0.05, 0.1) is 5.41 Å². The maximum Gasteiger partial charge on any atom is 0.313 e. The number of ether oxygens (including phenoxy) is 1. The molecular formula is C28H42N2O2. The molecule has 0 radical (unpaired) electrons. The highest BCUT2D eigenvalue weighted by Crippen LogP contribution is 2.47. The molecule has 0 saturated heterocycles. The molecule has 0 aliphatic heterocycles. The third-order valence-corrected chi connectivity index (χ3v) is 7.42. The zero-order chi connectivity index (χ0) is 22.8. The van der Waals surface area contributed by atoms with Crippen LogP contribution in [0.15, 0.2) is 35.9 Å². The molecule has 0 amide bonds. The van der Waals surface area contributed by atoms with Gasteiger partial charge in [-0.2, -0.15) is 0 Å². The number of esters is 1. The molecule has 0 heterocycles. The number of carbonyl (C=O) groups is 1. The molecule has 3 fully saturated rings. The van der Waals surface area contributed by atoms with E-state index in [9.17, 15) is 4.79 Å². The Hall–Kier alpha value is -1.65. The summed E-state index contributed by atoms with van der Waals surface area (Å²) < 4.78 is 5.66. The molecule has 3 aliphatic carbocycles. The van der Waals surface area contributed by atoms with Crippen LogP contribution in [0.3, 0.4) is 0 Å². The summed E-state index contributed by atoms with van der Waals surface area (Å²) in [6.45, 7) is 8.92. The lowest BCUT2D eigenvalue weighted by Crippen LogP contribution is -2.44. The summed E-state index contributed by atoms with van der Waals surface area (Å²) in [6, 6.07) is 12.5. The van der Waals surface area contributed by atoms with E-state index < -0.39 is 5.60 Å². The fourth-order valence-corrected chi connectivity index (χ4v) is 5.12. The number of rotatable bonds is 9. The van der Waals surface area contributed by atoms with Gasteiger partial charge in [-0.1, -0.05) is 48.9 Å². The van der Waals surface area contributed by atoms with Crippen molar-refractivity contribution in [2.75, 3.05) is 6.54 Å². The van der Waals surface area contributed by atoms with Crippen molar-refractivity contribution in [2.24, 2.45) is 11.3 Å². The minimum absolute atomic E-state index is 0.0112. The Morgan fingerprint density at radius 1 is 1.09 bits per heavy atom. The van der Waals surface area contributed by atoms with Crippen molar-refractivity contribution in [3.8, 4) is 0 Å². The van der Waals surface area contributed by atoms with Crippen molar-refractivity contribution in [1.82, 2.24) is 10.6 Å². The van der Waals surface area contributed by atoms with Gasteiger partial charge in [-0.3, -0.25) is 4.79 Å². The Morgan fingerprint density at radius 3 is 2.34 bits per heavy atom. The van der Waals surface area contributed by atoms with Crippen LogP contribution in [0.25, 0.3) is 6.08 Å². The van der Waals surface area contributed by atoms with Gasteiger partial charge >= 0.3 is 5.97 Å². The number of hydrogen-bond donors (Lipinski definition) is 2. The maximum absolute atomic E-state index is 12.5. The van der Waals surface area contributed by atoms with Crippen LogP contribution >= 0.6 is 0 Å². The molecular weight excluding hydrogens is 396 g/mol. The van der Waals surface area contributed by atoms with Gasteiger partial charge in [0.1, 0.15) is 5.60 Å². The predicted molar refractivity (Wildman–Crippen MR) is 131 cm³/mol. The molecule has 2 N–H and O–H groups in total. The Labute approximate surface area is 194 Å². The summed E-state index contributed by atoms with van der Waals surface area (Å²) in [7, 11) is 0. The van der Waals surface area contributed by atoms with E-state index >= 15 is 0 Å². The van der Waals surface area contributed by atoms with E-state index in [0.29, 0.717) is 24.0 Å². The monoisotopic (exact) mass is 438 g/mol. The van der Waals surface area contributed by atoms with Gasteiger partial charge < -0.3 is 15.4 Å². The molecule has 32 heavy (non-hydrogen) atoms. The lowest BCUT2D eigenvalue weighted by molar-refractivity contribution is -0.161. The second kappa shape index (κ2) is 9.69. The predicted octanol–water partition coefficient (Wildman–Crippen LogP) is 5.48. The smallest absolute Gasteiger partial charge is 0.313 e. The van der Waals surface area contributed by atoms with E-state index in [1.54, 1.807) is 5.57 Å². The maximum atomic E-state index is 12.5. The van der Waals surface area contributed by atoms with Crippen molar-refractivity contribution in [3.05, 3.63) is 41.5 Å². The average molecular weight is 439 g/mol. The molecule has 0 aromatic heterocycles. The van der Waals surface area contributed by atoms with Gasteiger partial charge in [0.15, 0.2) is 0 Å². The molecule has 0 spiro atoms. The van der Waals surface area contributed by atoms with E-state index in [4.69, 9.17) is 4.74 Å². The first-order valence-electron chi connectivity index (χ1n) is 12.8. The minimum Gasteiger partial charge on any atom is -0.460 e. The lowest BCUT2D eigenvalue weighted by atomic mass is 9.90. The summed E-state index contributed by atoms with van der Waals surface area (Å²) in [5.74, 6) is 0.697. The number of hydrogen-bond acceptors (Lipinski definition) is 4. The van der Waals surface area contributed by atoms with Crippen LogP contribution in [-0.2, 0) is 9.53 Å². The summed E-state index contributed by atoms with van der Waals surface area (Å²) in [5, 5.41) is 7.66. The zero-order valence-corrected chi connectivity index (χ0v) is 20.5. The fourth-order valence-electron chi connectivity index (χ4n) is 5.12. The Morgan fingerprint density at radius 2 is 1.75 bits per heavy atom. The lowest BCUT2D eigenvalue weighted by Gasteiger charge is -2.31. The molecule has 3 aliphatic rings. The Kier molecular flexibility index (Phi) is 7.11. The third-order valence-electron chi connectivity index (χ3n) is 7.42. The largest absolute Gasteiger partial charge is 0.460 e. The van der Waals surface area contributed by atoms with Crippen molar-refractivity contribution in [3.63, 3.8) is 0 Å². The van der Waals surface area contributed by atoms with Gasteiger partial charge in [0.2, 0.25) is 0 Å². The molecule has 1 aromatic carbocycles. The summed E-state index contributed by atoms with van der Waals surface area (Å²) in [5.41, 5.74) is 2.25. The quantitative estimate of drug-likeness (QED) is 0.501. The number of carbonyl (C=O) groups excluding carboxylic acids is 1. The second-order valence-corrected chi connectivity index (χ2v) is 11.3. The van der Waals surface area contributed by atoms with Crippen LogP contribution in [0.2, 0.25) is 0 Å². The van der Waals surface area contributed by atoms with Crippen molar-refractivity contribution < 1.29 is 9.53 Å². The van der Waals surface area contributed by atoms with Crippen molar-refractivity contribution in [1.29, 1.82) is 0 Å². The van der Waals surface area contributed by atoms with E-state index in [-0.39, 0.29) is 11.4 Å². The van der Waals surface area contributed by atoms with Crippen LogP contribution in [0.4, 0.5) is 0 Å². The topological polar surface area (TPSA) is 50.4 Å². The third kappa shape index (κ3) is 6.23. The molecule has 2 atom stereocenters. The van der Waals surface area contributed by atoms with Crippen LogP contribution < -0.4 is 10.6 Å². The highest BCUT2D eigenvalue weighted by Gasteiger charge is 2.52. The highest BCUT2D eigenvalue weighted by molar-refractivity contribution is 5.80. The van der Waals surface area contributed by atoms with Crippen LogP contribution in [0.1, 0.15) is 84.6 Å². The molecule has 0 bridgehead atoms. The van der Waals surface area contributed by atoms with Gasteiger partial charge in [-0.15, -0.1) is 0 Å². The first-order chi connectivity index (χ1) is 15.3. The van der Waals surface area contributed by atoms with Crippen molar-refractivity contribution in [2.45, 2.75) is 103 Å². The van der Waals surface area contributed by atoms with Crippen LogP contribution in [0.5, 0.6) is 0 Å². The van der Waals surface area contributed by atoms with Crippen LogP contribution in [0, 0.1) is 11.3 Å². The molecule has 4 nitrogen and oxygen atoms in total. The normalized spacial score (nSPS) is 29.4. The van der Waals surface area contributed by atoms with E-state index in [0.717, 1.165) is 25.8 Å². The van der Waals surface area contributed by atoms with Gasteiger partial charge in [0, 0.05) is 24.7 Å². The highest BCUT2D eigenvalue weighted by atomic mass is 16.6. The van der Waals surface area contributed by atoms with Gasteiger partial charge in [-0.05, 0) is 83.6 Å². The first-order valence-corrected chi connectivity index (χ1v) is 12.8. The standard InChI is InChI=1S/C28H42N2O2/c1-5-21(17-20-9-7-6-8-10-20)24-18-25(24)30-23-13-11-22(12-14-23)29-19-28(15-16-28)26(31)32-27(2,3)4/h6-10,17,22-25,29-30H,5,11-16,18-19H2,1-4H3/t22?,23?,24-,25+/m0/s1. The molecule has 1 aromatic rings. The molecule has 4 heteroatoms. The molecule has 176 valence electrons. The Bertz CT molecular complexity index is 798. The summed E-state index contributed by atoms with van der Waals surface area (Å²) >= 11 is 0. The molecule has 0 unspecified atom stereocenters. The van der Waals surface area contributed by atoms with E-state index in [2.05, 4.69) is 54.0 Å². The Balaban J connectivity index is 1.18. The van der Waals surface area contributed by atoms with Crippen LogP contribution in [-0.4, -0.2) is 36.2 Å². The van der Waals surface area contributed by atoms with E-state index in [1.165, 1.54) is 37.7 Å². The number of benzene rings is 1. The SMILES string of the molecule is CCC(=Cc1ccccc1)[C@@H]1C[C@H]1NC1CCC(NCC2(C(=O)OC(C)(C)C)CC2)CC1. The minimum atomic E-state index is -0.398. The number of nitrogens with one attached hydrogen (secondary N) is 2. The van der Waals surface area contributed by atoms with Gasteiger partial charge in [-0.25, -0.2) is 0 Å². The molecule has 4 rings (SSSR count). The van der Waals surface area contributed by atoms with E-state index in [1.807, 2.05) is 20.8 Å². The second-order valence-electron chi connectivity index (χ2n) is 11.3. The summed E-state index contributed by atoms with van der Waals surface area (Å²) in [6.07, 6.45) is 11.6. The fraction of sp³-hybridized carbons (Fsp3) is 0.679. The van der Waals surface area contributed by atoms with Crippen molar-refractivity contribution >= 4 is 12.0 Å². The summed E-state index contributed by atoms with van der Waals surface area (Å²) in [4.78, 5) is 12.5.